The summed E-state index contributed by atoms with van der Waals surface area (Å²) in [5, 5.41) is 2.96. The Morgan fingerprint density at radius 2 is 1.69 bits per heavy atom. The Balaban J connectivity index is 2.19. The van der Waals surface area contributed by atoms with Crippen LogP contribution in [0.5, 0.6) is 0 Å². The van der Waals surface area contributed by atoms with Crippen LogP contribution in [0.1, 0.15) is 48.9 Å². The van der Waals surface area contributed by atoms with Crippen molar-refractivity contribution >= 4 is 11.8 Å². The number of nitrogens with one attached hydrogen (secondary N) is 1. The lowest BCUT2D eigenvalue weighted by atomic mass is 10.0. The molecule has 29 heavy (non-hydrogen) atoms. The first kappa shape index (κ1) is 22.7. The zero-order valence-corrected chi connectivity index (χ0v) is 18.2. The van der Waals surface area contributed by atoms with E-state index < -0.39 is 6.04 Å². The Bertz CT molecular complexity index is 802. The van der Waals surface area contributed by atoms with Crippen molar-refractivity contribution in [3.63, 3.8) is 0 Å². The van der Waals surface area contributed by atoms with E-state index in [1.807, 2.05) is 38.1 Å². The highest BCUT2D eigenvalue weighted by Gasteiger charge is 2.28. The van der Waals surface area contributed by atoms with Crippen LogP contribution < -0.4 is 5.32 Å². The number of aryl methyl sites for hydroxylation is 2. The van der Waals surface area contributed by atoms with Crippen LogP contribution in [0.2, 0.25) is 0 Å². The van der Waals surface area contributed by atoms with Crippen LogP contribution in [-0.4, -0.2) is 35.8 Å². The molecule has 0 fully saturated rings. The summed E-state index contributed by atoms with van der Waals surface area (Å²) < 4.78 is 0. The van der Waals surface area contributed by atoms with Crippen molar-refractivity contribution < 1.29 is 9.59 Å². The maximum absolute atomic E-state index is 13.3. The van der Waals surface area contributed by atoms with Crippen LogP contribution in [0.3, 0.4) is 0 Å². The lowest BCUT2D eigenvalue weighted by molar-refractivity contribution is -0.140. The Labute approximate surface area is 175 Å². The van der Waals surface area contributed by atoms with E-state index in [0.717, 1.165) is 18.4 Å². The molecule has 1 N–H and O–H groups in total. The first-order valence-electron chi connectivity index (χ1n) is 10.6. The van der Waals surface area contributed by atoms with Crippen LogP contribution >= 0.6 is 0 Å². The number of hydrogen-bond donors (Lipinski definition) is 1. The zero-order valence-electron chi connectivity index (χ0n) is 18.2. The first-order chi connectivity index (χ1) is 14.0. The van der Waals surface area contributed by atoms with Gasteiger partial charge in [0.1, 0.15) is 6.04 Å². The molecule has 0 spiro atoms. The van der Waals surface area contributed by atoms with Crippen molar-refractivity contribution in [3.8, 4) is 0 Å². The number of rotatable bonds is 10. The standard InChI is InChI=1S/C25H34N2O2/c1-5-15-26-25(29)23(6-2)27(16-14-21-10-8-7-9-11-21)24(28)18-22-13-12-19(3)20(4)17-22/h7-13,17,23H,5-6,14-16,18H2,1-4H3,(H,26,29)/t23-/m1/s1. The van der Waals surface area contributed by atoms with Crippen LogP contribution in [0.25, 0.3) is 0 Å². The van der Waals surface area contributed by atoms with Crippen molar-refractivity contribution in [1.82, 2.24) is 10.2 Å². The minimum Gasteiger partial charge on any atom is -0.354 e. The number of hydrogen-bond acceptors (Lipinski definition) is 2. The summed E-state index contributed by atoms with van der Waals surface area (Å²) in [5.74, 6) is -0.0569. The van der Waals surface area contributed by atoms with E-state index in [1.165, 1.54) is 16.7 Å². The van der Waals surface area contributed by atoms with Gasteiger partial charge in [0.05, 0.1) is 6.42 Å². The molecule has 2 amide bonds. The van der Waals surface area contributed by atoms with Gasteiger partial charge in [0.15, 0.2) is 0 Å². The minimum absolute atomic E-state index is 0.00248. The second-order valence-corrected chi connectivity index (χ2v) is 7.63. The molecule has 0 aliphatic heterocycles. The van der Waals surface area contributed by atoms with Gasteiger partial charge in [-0.05, 0) is 55.4 Å². The van der Waals surface area contributed by atoms with Gasteiger partial charge in [-0.1, -0.05) is 62.4 Å². The van der Waals surface area contributed by atoms with Gasteiger partial charge in [-0.2, -0.15) is 0 Å². The largest absolute Gasteiger partial charge is 0.354 e. The molecule has 0 radical (unpaired) electrons. The van der Waals surface area contributed by atoms with Gasteiger partial charge in [-0.15, -0.1) is 0 Å². The molecule has 2 rings (SSSR count). The Hall–Kier alpha value is -2.62. The van der Waals surface area contributed by atoms with Crippen molar-refractivity contribution in [1.29, 1.82) is 0 Å². The molecule has 0 saturated heterocycles. The monoisotopic (exact) mass is 394 g/mol. The van der Waals surface area contributed by atoms with Crippen LogP contribution in [-0.2, 0) is 22.4 Å². The molecule has 0 saturated carbocycles. The van der Waals surface area contributed by atoms with E-state index in [2.05, 4.69) is 43.4 Å². The predicted molar refractivity (Wildman–Crippen MR) is 119 cm³/mol. The number of benzene rings is 2. The Morgan fingerprint density at radius 1 is 0.966 bits per heavy atom. The third-order valence-electron chi connectivity index (χ3n) is 5.35. The predicted octanol–water partition coefficient (Wildman–Crippen LogP) is 4.22. The molecule has 0 aliphatic rings. The maximum atomic E-state index is 13.3. The number of carbonyl (C=O) groups is 2. The Morgan fingerprint density at radius 3 is 2.31 bits per heavy atom. The smallest absolute Gasteiger partial charge is 0.242 e. The van der Waals surface area contributed by atoms with Gasteiger partial charge in [0.2, 0.25) is 11.8 Å². The highest BCUT2D eigenvalue weighted by atomic mass is 16.2. The van der Waals surface area contributed by atoms with E-state index >= 15 is 0 Å². The van der Waals surface area contributed by atoms with E-state index in [0.29, 0.717) is 25.9 Å². The third kappa shape index (κ3) is 6.74. The van der Waals surface area contributed by atoms with Crippen molar-refractivity contribution in [3.05, 3.63) is 70.8 Å². The second-order valence-electron chi connectivity index (χ2n) is 7.63. The molecule has 0 aliphatic carbocycles. The Kier molecular flexibility index (Phi) is 8.91. The molecule has 0 aromatic heterocycles. The molecular weight excluding hydrogens is 360 g/mol. The lowest BCUT2D eigenvalue weighted by Gasteiger charge is -2.31. The number of amides is 2. The average molecular weight is 395 g/mol. The average Bonchev–Trinajstić information content (AvgIpc) is 2.72. The van der Waals surface area contributed by atoms with Gasteiger partial charge in [0, 0.05) is 13.1 Å². The summed E-state index contributed by atoms with van der Waals surface area (Å²) in [6.07, 6.45) is 2.52. The second kappa shape index (κ2) is 11.4. The SMILES string of the molecule is CCCNC(=O)[C@@H](CC)N(CCc1ccccc1)C(=O)Cc1ccc(C)c(C)c1. The molecule has 0 unspecified atom stereocenters. The molecule has 4 nitrogen and oxygen atoms in total. The minimum atomic E-state index is -0.440. The van der Waals surface area contributed by atoms with E-state index in [4.69, 9.17) is 0 Å². The van der Waals surface area contributed by atoms with Gasteiger partial charge in [-0.3, -0.25) is 9.59 Å². The van der Waals surface area contributed by atoms with Gasteiger partial charge < -0.3 is 10.2 Å². The van der Waals surface area contributed by atoms with Gasteiger partial charge in [0.25, 0.3) is 0 Å². The number of carbonyl (C=O) groups excluding carboxylic acids is 2. The molecule has 0 heterocycles. The molecule has 1 atom stereocenters. The molecular formula is C25H34N2O2. The first-order valence-corrected chi connectivity index (χ1v) is 10.6. The van der Waals surface area contributed by atoms with Crippen LogP contribution in [0, 0.1) is 13.8 Å². The van der Waals surface area contributed by atoms with E-state index in [-0.39, 0.29) is 11.8 Å². The van der Waals surface area contributed by atoms with Crippen LogP contribution in [0.15, 0.2) is 48.5 Å². The topological polar surface area (TPSA) is 49.4 Å². The molecule has 156 valence electrons. The van der Waals surface area contributed by atoms with Crippen molar-refractivity contribution in [2.45, 2.75) is 59.4 Å². The van der Waals surface area contributed by atoms with E-state index in [1.54, 1.807) is 4.90 Å². The normalized spacial score (nSPS) is 11.7. The summed E-state index contributed by atoms with van der Waals surface area (Å²) in [7, 11) is 0. The van der Waals surface area contributed by atoms with Crippen molar-refractivity contribution in [2.75, 3.05) is 13.1 Å². The summed E-state index contributed by atoms with van der Waals surface area (Å²) in [6.45, 7) is 9.29. The van der Waals surface area contributed by atoms with Gasteiger partial charge in [-0.25, -0.2) is 0 Å². The maximum Gasteiger partial charge on any atom is 0.242 e. The highest BCUT2D eigenvalue weighted by molar-refractivity contribution is 5.88. The quantitative estimate of drug-likeness (QED) is 0.656. The van der Waals surface area contributed by atoms with E-state index in [9.17, 15) is 9.59 Å². The number of nitrogens with zero attached hydrogens (tertiary/aromatic N) is 1. The third-order valence-corrected chi connectivity index (χ3v) is 5.35. The molecule has 2 aromatic carbocycles. The fraction of sp³-hybridized carbons (Fsp3) is 0.440. The summed E-state index contributed by atoms with van der Waals surface area (Å²) >= 11 is 0. The lowest BCUT2D eigenvalue weighted by Crippen LogP contribution is -2.50. The summed E-state index contributed by atoms with van der Waals surface area (Å²) in [6, 6.07) is 15.8. The van der Waals surface area contributed by atoms with Crippen LogP contribution in [0.4, 0.5) is 0 Å². The summed E-state index contributed by atoms with van der Waals surface area (Å²) in [5.41, 5.74) is 4.55. The summed E-state index contributed by atoms with van der Waals surface area (Å²) in [4.78, 5) is 27.8. The fourth-order valence-corrected chi connectivity index (χ4v) is 3.45. The fourth-order valence-electron chi connectivity index (χ4n) is 3.45. The van der Waals surface area contributed by atoms with Gasteiger partial charge >= 0.3 is 0 Å². The van der Waals surface area contributed by atoms with Crippen molar-refractivity contribution in [2.24, 2.45) is 0 Å². The molecule has 0 bridgehead atoms. The highest BCUT2D eigenvalue weighted by Crippen LogP contribution is 2.15. The zero-order chi connectivity index (χ0) is 21.2. The molecule has 4 heteroatoms. The molecule has 2 aromatic rings.